The number of piperidine rings is 1. The Bertz CT molecular complexity index is 1560. The van der Waals surface area contributed by atoms with Crippen LogP contribution >= 0.6 is 0 Å². The summed E-state index contributed by atoms with van der Waals surface area (Å²) in [4.78, 5) is 27.8. The van der Waals surface area contributed by atoms with Crippen LogP contribution < -0.4 is 21.5 Å². The SMILES string of the molecule is O=c1c(Nc2cc(C(F)(F)F)cc(C(F)(F)F)c2)c(N[C@@H](c2ccccc2)[C@H](c2ccccc2)N2CCCCC2)c1=O. The summed E-state index contributed by atoms with van der Waals surface area (Å²) in [5.41, 5.74) is -4.49. The van der Waals surface area contributed by atoms with Crippen LogP contribution in [0.25, 0.3) is 0 Å². The zero-order chi connectivity index (χ0) is 30.1. The molecule has 0 unspecified atom stereocenters. The summed E-state index contributed by atoms with van der Waals surface area (Å²) in [6.45, 7) is 1.57. The highest BCUT2D eigenvalue weighted by Gasteiger charge is 2.38. The van der Waals surface area contributed by atoms with Gasteiger partial charge in [0.1, 0.15) is 11.4 Å². The van der Waals surface area contributed by atoms with Gasteiger partial charge < -0.3 is 10.6 Å². The van der Waals surface area contributed by atoms with E-state index in [9.17, 15) is 35.9 Å². The van der Waals surface area contributed by atoms with E-state index in [1.807, 2.05) is 60.7 Å². The minimum atomic E-state index is -5.07. The molecule has 220 valence electrons. The van der Waals surface area contributed by atoms with E-state index in [1.165, 1.54) is 0 Å². The van der Waals surface area contributed by atoms with Crippen molar-refractivity contribution < 1.29 is 26.3 Å². The molecule has 0 spiro atoms. The highest BCUT2D eigenvalue weighted by Crippen LogP contribution is 2.41. The number of halogens is 6. The van der Waals surface area contributed by atoms with Crippen molar-refractivity contribution >= 4 is 17.1 Å². The summed E-state index contributed by atoms with van der Waals surface area (Å²) < 4.78 is 80.6. The maximum Gasteiger partial charge on any atom is 0.416 e. The fourth-order valence-corrected chi connectivity index (χ4v) is 5.44. The highest BCUT2D eigenvalue weighted by atomic mass is 19.4. The van der Waals surface area contributed by atoms with E-state index < -0.39 is 46.1 Å². The lowest BCUT2D eigenvalue weighted by Gasteiger charge is -2.40. The summed E-state index contributed by atoms with van der Waals surface area (Å²) in [6.07, 6.45) is -7.13. The van der Waals surface area contributed by atoms with Gasteiger partial charge in [-0.3, -0.25) is 14.5 Å². The van der Waals surface area contributed by atoms with Crippen LogP contribution in [0.15, 0.2) is 88.5 Å². The van der Waals surface area contributed by atoms with Crippen molar-refractivity contribution in [2.75, 3.05) is 23.7 Å². The first kappa shape index (κ1) is 29.4. The van der Waals surface area contributed by atoms with E-state index in [2.05, 4.69) is 15.5 Å². The van der Waals surface area contributed by atoms with Crippen molar-refractivity contribution in [1.82, 2.24) is 4.90 Å². The lowest BCUT2D eigenvalue weighted by atomic mass is 9.90. The van der Waals surface area contributed by atoms with Crippen LogP contribution in [0.5, 0.6) is 0 Å². The quantitative estimate of drug-likeness (QED) is 0.166. The third-order valence-electron chi connectivity index (χ3n) is 7.47. The van der Waals surface area contributed by atoms with Crippen molar-refractivity contribution in [2.24, 2.45) is 0 Å². The van der Waals surface area contributed by atoms with Crippen LogP contribution in [0.4, 0.5) is 43.4 Å². The number of anilines is 3. The number of nitrogens with zero attached hydrogens (tertiary/aromatic N) is 1. The summed E-state index contributed by atoms with van der Waals surface area (Å²) in [5.74, 6) is 0. The molecule has 1 heterocycles. The maximum atomic E-state index is 13.4. The molecule has 1 aliphatic rings. The Balaban J connectivity index is 1.56. The Hall–Kier alpha value is -4.12. The van der Waals surface area contributed by atoms with Gasteiger partial charge in [-0.25, -0.2) is 0 Å². The molecule has 2 N–H and O–H groups in total. The zero-order valence-electron chi connectivity index (χ0n) is 22.2. The van der Waals surface area contributed by atoms with Crippen LogP contribution in [0.2, 0.25) is 0 Å². The smallest absolute Gasteiger partial charge is 0.371 e. The van der Waals surface area contributed by atoms with Gasteiger partial charge in [0.05, 0.1) is 23.2 Å². The van der Waals surface area contributed by atoms with Crippen LogP contribution in [-0.2, 0) is 12.4 Å². The normalized spacial score (nSPS) is 16.2. The molecule has 0 aromatic heterocycles. The van der Waals surface area contributed by atoms with Crippen molar-refractivity contribution in [2.45, 2.75) is 43.7 Å². The molecule has 11 heteroatoms. The van der Waals surface area contributed by atoms with Crippen molar-refractivity contribution in [1.29, 1.82) is 0 Å². The van der Waals surface area contributed by atoms with E-state index >= 15 is 0 Å². The van der Waals surface area contributed by atoms with Gasteiger partial charge in [0.15, 0.2) is 0 Å². The molecule has 0 aliphatic carbocycles. The van der Waals surface area contributed by atoms with Gasteiger partial charge in [0.25, 0.3) is 10.9 Å². The van der Waals surface area contributed by atoms with Gasteiger partial charge in [-0.1, -0.05) is 67.1 Å². The molecule has 4 aromatic carbocycles. The van der Waals surface area contributed by atoms with Crippen LogP contribution in [-0.4, -0.2) is 18.0 Å². The second-order valence-electron chi connectivity index (χ2n) is 10.3. The first-order valence-corrected chi connectivity index (χ1v) is 13.4. The van der Waals surface area contributed by atoms with Crippen molar-refractivity contribution in [3.63, 3.8) is 0 Å². The van der Waals surface area contributed by atoms with E-state index in [4.69, 9.17) is 0 Å². The Morgan fingerprint density at radius 3 is 1.67 bits per heavy atom. The lowest BCUT2D eigenvalue weighted by Crippen LogP contribution is -2.42. The molecule has 1 fully saturated rings. The topological polar surface area (TPSA) is 61.4 Å². The molecule has 4 aromatic rings. The molecule has 5 nitrogen and oxygen atoms in total. The third kappa shape index (κ3) is 6.20. The predicted octanol–water partition coefficient (Wildman–Crippen LogP) is 7.44. The fourth-order valence-electron chi connectivity index (χ4n) is 5.44. The Morgan fingerprint density at radius 1 is 0.643 bits per heavy atom. The molecular weight excluding hydrogens is 560 g/mol. The Morgan fingerprint density at radius 2 is 1.14 bits per heavy atom. The first-order chi connectivity index (χ1) is 19.9. The molecule has 42 heavy (non-hydrogen) atoms. The van der Waals surface area contributed by atoms with Gasteiger partial charge in [0, 0.05) is 5.69 Å². The van der Waals surface area contributed by atoms with E-state index in [0.29, 0.717) is 12.1 Å². The summed E-state index contributed by atoms with van der Waals surface area (Å²) in [7, 11) is 0. The number of hydrogen-bond acceptors (Lipinski definition) is 5. The van der Waals surface area contributed by atoms with Crippen LogP contribution in [0.1, 0.15) is 53.6 Å². The first-order valence-electron chi connectivity index (χ1n) is 13.4. The molecule has 0 bridgehead atoms. The van der Waals surface area contributed by atoms with Gasteiger partial charge in [0.2, 0.25) is 0 Å². The van der Waals surface area contributed by atoms with Gasteiger partial charge in [-0.2, -0.15) is 26.3 Å². The summed E-state index contributed by atoms with van der Waals surface area (Å²) >= 11 is 0. The maximum absolute atomic E-state index is 13.4. The largest absolute Gasteiger partial charge is 0.416 e. The van der Waals surface area contributed by atoms with Crippen molar-refractivity contribution in [3.05, 3.63) is 122 Å². The number of benzene rings is 3. The molecular formula is C31H27F6N3O2. The number of rotatable bonds is 8. The van der Waals surface area contributed by atoms with E-state index in [1.54, 1.807) is 0 Å². The molecule has 1 saturated heterocycles. The molecule has 1 aliphatic heterocycles. The highest BCUT2D eigenvalue weighted by molar-refractivity contribution is 5.79. The minimum absolute atomic E-state index is 0.000972. The second kappa shape index (κ2) is 11.6. The number of likely N-dealkylation sites (tertiary alicyclic amines) is 1. The molecule has 5 rings (SSSR count). The number of alkyl halides is 6. The van der Waals surface area contributed by atoms with E-state index in [-0.39, 0.29) is 23.5 Å². The van der Waals surface area contributed by atoms with Gasteiger partial charge >= 0.3 is 12.4 Å². The van der Waals surface area contributed by atoms with Crippen molar-refractivity contribution in [3.8, 4) is 0 Å². The van der Waals surface area contributed by atoms with Gasteiger partial charge in [-0.05, 0) is 55.3 Å². The van der Waals surface area contributed by atoms with Gasteiger partial charge in [-0.15, -0.1) is 0 Å². The van der Waals surface area contributed by atoms with Crippen LogP contribution in [0.3, 0.4) is 0 Å². The standard InChI is InChI=1S/C31H27F6N3O2/c32-30(33,34)21-16-22(31(35,36)37)18-23(17-21)38-25-26(29(42)28(25)41)39-24(19-10-4-1-5-11-19)27(20-12-6-2-7-13-20)40-14-8-3-9-15-40/h1-2,4-7,10-13,16-18,24,27,38-39H,3,8-9,14-15H2/t24-,27-/m0/s1. The molecule has 2 atom stereocenters. The zero-order valence-corrected chi connectivity index (χ0v) is 22.2. The molecule has 0 amide bonds. The third-order valence-corrected chi connectivity index (χ3v) is 7.47. The lowest BCUT2D eigenvalue weighted by molar-refractivity contribution is -0.143. The number of nitrogens with one attached hydrogen (secondary N) is 2. The molecule has 0 saturated carbocycles. The summed E-state index contributed by atoms with van der Waals surface area (Å²) in [5, 5.41) is 5.55. The van der Waals surface area contributed by atoms with Crippen LogP contribution in [0, 0.1) is 0 Å². The molecule has 0 radical (unpaired) electrons. The second-order valence-corrected chi connectivity index (χ2v) is 10.3. The number of hydrogen-bond donors (Lipinski definition) is 2. The minimum Gasteiger partial charge on any atom is -0.371 e. The fraction of sp³-hybridized carbons (Fsp3) is 0.290. The monoisotopic (exact) mass is 587 g/mol. The summed E-state index contributed by atoms with van der Waals surface area (Å²) in [6, 6.07) is 18.9. The Labute approximate surface area is 237 Å². The average molecular weight is 588 g/mol. The van der Waals surface area contributed by atoms with E-state index in [0.717, 1.165) is 43.5 Å². The average Bonchev–Trinajstić information content (AvgIpc) is 2.98. The Kier molecular flexibility index (Phi) is 8.14. The predicted molar refractivity (Wildman–Crippen MR) is 148 cm³/mol.